The fourth-order valence-corrected chi connectivity index (χ4v) is 11.4. The Bertz CT molecular complexity index is 3710. The van der Waals surface area contributed by atoms with Crippen molar-refractivity contribution in [2.75, 3.05) is 0 Å². The zero-order valence-electron chi connectivity index (χ0n) is 39.2. The van der Waals surface area contributed by atoms with Gasteiger partial charge in [-0.05, 0) is 205 Å². The first-order valence-corrected chi connectivity index (χ1v) is 23.2. The Kier molecular flexibility index (Phi) is 9.24. The van der Waals surface area contributed by atoms with Crippen molar-refractivity contribution >= 4 is 54.6 Å². The van der Waals surface area contributed by atoms with Gasteiger partial charge < -0.3 is 4.74 Å². The highest BCUT2D eigenvalue weighted by atomic mass is 16.5. The second-order valence-electron chi connectivity index (χ2n) is 18.7. The lowest BCUT2D eigenvalue weighted by molar-refractivity contribution is 0.484. The van der Waals surface area contributed by atoms with Crippen LogP contribution in [0.1, 0.15) is 44.5 Å². The summed E-state index contributed by atoms with van der Waals surface area (Å²) >= 11 is 0. The van der Waals surface area contributed by atoms with Crippen molar-refractivity contribution in [2.45, 2.75) is 55.4 Å². The molecular formula is C62H50N4O. The van der Waals surface area contributed by atoms with Gasteiger partial charge in [0.2, 0.25) is 0 Å². The largest absolute Gasteiger partial charge is 0.457 e. The predicted molar refractivity (Wildman–Crippen MR) is 280 cm³/mol. The van der Waals surface area contributed by atoms with Gasteiger partial charge in [0.25, 0.3) is 0 Å². The average molecular weight is 867 g/mol. The molecule has 0 aliphatic heterocycles. The molecule has 0 aliphatic carbocycles. The first-order valence-electron chi connectivity index (χ1n) is 23.2. The maximum Gasteiger partial charge on any atom is 0.145 e. The van der Waals surface area contributed by atoms with Crippen LogP contribution >= 0.6 is 0 Å². The normalized spacial score (nSPS) is 11.9. The molecule has 0 bridgehead atoms. The van der Waals surface area contributed by atoms with Crippen molar-refractivity contribution in [1.29, 1.82) is 0 Å². The standard InChI is InChI=1S/C62H50N4O/c1-35-13-9-14-36(2)55(35)43-29-49-47-23-21-45(33-51(47)61-63-25-27-65(61)59(49)53(31-43)57-39(5)17-11-18-40(57)6)67-46-22-24-48-50-30-44(56-37(3)15-10-16-38(56)4)32-54(58-41(7)19-12-20-42(58)8)60(50)66-28-26-64-62(66)52(48)34-46/h9-34H,1-8H3. The van der Waals surface area contributed by atoms with Crippen LogP contribution < -0.4 is 4.74 Å². The molecule has 0 saturated carbocycles. The highest BCUT2D eigenvalue weighted by Crippen LogP contribution is 2.45. The maximum absolute atomic E-state index is 6.89. The number of hydrogen-bond acceptors (Lipinski definition) is 3. The number of ether oxygens (including phenoxy) is 1. The fraction of sp³-hybridized carbons (Fsp3) is 0.129. The molecule has 5 heteroatoms. The van der Waals surface area contributed by atoms with Crippen LogP contribution in [0.4, 0.5) is 0 Å². The highest BCUT2D eigenvalue weighted by Gasteiger charge is 2.22. The highest BCUT2D eigenvalue weighted by molar-refractivity contribution is 6.18. The van der Waals surface area contributed by atoms with E-state index < -0.39 is 0 Å². The van der Waals surface area contributed by atoms with E-state index in [4.69, 9.17) is 14.7 Å². The topological polar surface area (TPSA) is 43.8 Å². The quantitative estimate of drug-likeness (QED) is 0.156. The first kappa shape index (κ1) is 40.5. The van der Waals surface area contributed by atoms with Crippen LogP contribution in [-0.4, -0.2) is 18.8 Å². The van der Waals surface area contributed by atoms with E-state index in [1.807, 2.05) is 12.4 Å². The minimum Gasteiger partial charge on any atom is -0.457 e. The average Bonchev–Trinajstić information content (AvgIpc) is 4.01. The Morgan fingerprint density at radius 2 is 0.687 bits per heavy atom. The van der Waals surface area contributed by atoms with E-state index >= 15 is 0 Å². The van der Waals surface area contributed by atoms with Crippen LogP contribution in [0.25, 0.3) is 99.2 Å². The van der Waals surface area contributed by atoms with Gasteiger partial charge in [0.1, 0.15) is 22.8 Å². The summed E-state index contributed by atoms with van der Waals surface area (Å²) in [6.45, 7) is 17.7. The summed E-state index contributed by atoms with van der Waals surface area (Å²) in [7, 11) is 0. The van der Waals surface area contributed by atoms with Gasteiger partial charge in [-0.15, -0.1) is 0 Å². The monoisotopic (exact) mass is 866 g/mol. The second kappa shape index (κ2) is 15.3. The fourth-order valence-electron chi connectivity index (χ4n) is 11.4. The lowest BCUT2D eigenvalue weighted by atomic mass is 9.87. The molecule has 8 aromatic carbocycles. The number of pyridine rings is 2. The third-order valence-electron chi connectivity index (χ3n) is 14.3. The van der Waals surface area contributed by atoms with Crippen LogP contribution in [-0.2, 0) is 0 Å². The Hall–Kier alpha value is -8.02. The molecule has 5 nitrogen and oxygen atoms in total. The Balaban J connectivity index is 1.06. The van der Waals surface area contributed by atoms with Gasteiger partial charge in [-0.1, -0.05) is 72.8 Å². The molecule has 0 N–H and O–H groups in total. The summed E-state index contributed by atoms with van der Waals surface area (Å²) in [6, 6.07) is 48.8. The van der Waals surface area contributed by atoms with E-state index in [0.29, 0.717) is 0 Å². The molecule has 0 amide bonds. The SMILES string of the molecule is Cc1cccc(C)c1-c1cc(-c2c(C)cccc2C)c2c(c1)c1ccc(Oc3ccc4c(c3)c3nccn3c3c(-c5c(C)cccc5C)cc(-c5c(C)cccc5C)cc43)cc1c1nccn12. The molecule has 12 rings (SSSR count). The van der Waals surface area contributed by atoms with Gasteiger partial charge >= 0.3 is 0 Å². The minimum absolute atomic E-state index is 0.742. The molecule has 67 heavy (non-hydrogen) atoms. The summed E-state index contributed by atoms with van der Waals surface area (Å²) < 4.78 is 11.4. The van der Waals surface area contributed by atoms with Gasteiger partial charge in [-0.2, -0.15) is 0 Å². The number of fused-ring (bicyclic) bond motifs is 12. The number of aromatic nitrogens is 4. The third-order valence-corrected chi connectivity index (χ3v) is 14.3. The summed E-state index contributed by atoms with van der Waals surface area (Å²) in [4.78, 5) is 10.0. The van der Waals surface area contributed by atoms with Gasteiger partial charge in [0.15, 0.2) is 0 Å². The van der Waals surface area contributed by atoms with Crippen LogP contribution in [0.15, 0.2) is 158 Å². The Labute approximate surface area is 390 Å². The van der Waals surface area contributed by atoms with Gasteiger partial charge in [-0.25, -0.2) is 9.97 Å². The summed E-state index contributed by atoms with van der Waals surface area (Å²) in [6.07, 6.45) is 8.02. The number of benzene rings is 8. The number of hydrogen-bond donors (Lipinski definition) is 0. The Morgan fingerprint density at radius 3 is 1.04 bits per heavy atom. The van der Waals surface area contributed by atoms with Gasteiger partial charge in [-0.3, -0.25) is 8.80 Å². The zero-order valence-corrected chi connectivity index (χ0v) is 39.2. The van der Waals surface area contributed by atoms with Gasteiger partial charge in [0.05, 0.1) is 11.0 Å². The molecule has 4 aromatic heterocycles. The summed E-state index contributed by atoms with van der Waals surface area (Å²) in [5.74, 6) is 1.48. The first-order chi connectivity index (χ1) is 32.5. The van der Waals surface area contributed by atoms with Crippen molar-refractivity contribution in [1.82, 2.24) is 18.8 Å². The van der Waals surface area contributed by atoms with E-state index in [2.05, 4.69) is 210 Å². The third kappa shape index (κ3) is 6.29. The van der Waals surface area contributed by atoms with E-state index in [1.54, 1.807) is 0 Å². The molecule has 324 valence electrons. The molecule has 0 saturated heterocycles. The van der Waals surface area contributed by atoms with Crippen LogP contribution in [0, 0.1) is 55.4 Å². The Morgan fingerprint density at radius 1 is 0.343 bits per heavy atom. The summed E-state index contributed by atoms with van der Waals surface area (Å²) in [5.41, 5.74) is 24.0. The molecular weight excluding hydrogens is 817 g/mol. The molecule has 12 aromatic rings. The van der Waals surface area contributed by atoms with Crippen molar-refractivity contribution in [2.24, 2.45) is 0 Å². The number of nitrogens with zero attached hydrogens (tertiary/aromatic N) is 4. The minimum atomic E-state index is 0.742. The van der Waals surface area contributed by atoms with E-state index in [-0.39, 0.29) is 0 Å². The van der Waals surface area contributed by atoms with Crippen LogP contribution in [0.3, 0.4) is 0 Å². The van der Waals surface area contributed by atoms with Crippen LogP contribution in [0.2, 0.25) is 0 Å². The summed E-state index contributed by atoms with van der Waals surface area (Å²) in [5, 5.41) is 6.66. The molecule has 0 atom stereocenters. The van der Waals surface area contributed by atoms with Crippen LogP contribution in [0.5, 0.6) is 11.5 Å². The smallest absolute Gasteiger partial charge is 0.145 e. The molecule has 0 radical (unpaired) electrons. The van der Waals surface area contributed by atoms with E-state index in [9.17, 15) is 0 Å². The van der Waals surface area contributed by atoms with Crippen molar-refractivity contribution in [3.8, 4) is 56.0 Å². The van der Waals surface area contributed by atoms with E-state index in [0.717, 1.165) is 55.4 Å². The molecule has 0 spiro atoms. The molecule has 0 unspecified atom stereocenters. The maximum atomic E-state index is 6.89. The van der Waals surface area contributed by atoms with E-state index in [1.165, 1.54) is 99.8 Å². The van der Waals surface area contributed by atoms with Crippen molar-refractivity contribution in [3.05, 3.63) is 203 Å². The number of imidazole rings is 2. The molecule has 4 heterocycles. The lowest BCUT2D eigenvalue weighted by Gasteiger charge is -2.20. The molecule has 0 aliphatic rings. The van der Waals surface area contributed by atoms with Crippen molar-refractivity contribution < 1.29 is 4.74 Å². The lowest BCUT2D eigenvalue weighted by Crippen LogP contribution is -1.99. The molecule has 0 fully saturated rings. The number of rotatable bonds is 6. The van der Waals surface area contributed by atoms with Gasteiger partial charge in [0, 0.05) is 57.5 Å². The van der Waals surface area contributed by atoms with Crippen molar-refractivity contribution in [3.63, 3.8) is 0 Å². The predicted octanol–water partition coefficient (Wildman–Crippen LogP) is 16.5. The number of aryl methyl sites for hydroxylation is 8. The second-order valence-corrected chi connectivity index (χ2v) is 18.7. The zero-order chi connectivity index (χ0) is 45.8.